The molecule has 80 valence electrons. The molecule has 1 N–H and O–H groups in total. The number of nitrogens with one attached hydrogen (secondary N) is 1. The van der Waals surface area contributed by atoms with Gasteiger partial charge in [-0.2, -0.15) is 5.26 Å². The molecule has 6 heteroatoms. The number of halogens is 1. The molecule has 2 rings (SSSR count). The lowest BCUT2D eigenvalue weighted by Crippen LogP contribution is -2.01. The van der Waals surface area contributed by atoms with E-state index in [4.69, 9.17) is 16.9 Å². The standard InChI is InChI=1S/C10H7ClN4S/c11-9-7(3-12)1-2-14-10(9)15-5-8-4-13-6-16-8/h1-2,4,6H,5H2,(H,14,15). The third-order valence-electron chi connectivity index (χ3n) is 1.92. The smallest absolute Gasteiger partial charge is 0.146 e. The fraction of sp³-hybridized carbons (Fsp3) is 0.100. The average molecular weight is 251 g/mol. The van der Waals surface area contributed by atoms with Gasteiger partial charge in [-0.05, 0) is 6.07 Å². The Labute approximate surface area is 102 Å². The van der Waals surface area contributed by atoms with Gasteiger partial charge in [0.1, 0.15) is 16.9 Å². The minimum absolute atomic E-state index is 0.356. The van der Waals surface area contributed by atoms with Gasteiger partial charge >= 0.3 is 0 Å². The number of hydrogen-bond donors (Lipinski definition) is 1. The van der Waals surface area contributed by atoms with Crippen molar-refractivity contribution in [2.24, 2.45) is 0 Å². The van der Waals surface area contributed by atoms with Crippen molar-refractivity contribution in [2.75, 3.05) is 5.32 Å². The zero-order valence-electron chi connectivity index (χ0n) is 8.14. The third kappa shape index (κ3) is 2.30. The zero-order valence-corrected chi connectivity index (χ0v) is 9.72. The predicted molar refractivity (Wildman–Crippen MR) is 63.4 cm³/mol. The zero-order chi connectivity index (χ0) is 11.4. The Balaban J connectivity index is 2.13. The predicted octanol–water partition coefficient (Wildman–Crippen LogP) is 2.68. The van der Waals surface area contributed by atoms with Crippen LogP contribution < -0.4 is 5.32 Å². The average Bonchev–Trinajstić information content (AvgIpc) is 2.81. The van der Waals surface area contributed by atoms with Gasteiger partial charge in [0.2, 0.25) is 0 Å². The normalized spacial score (nSPS) is 9.75. The molecule has 0 amide bonds. The lowest BCUT2D eigenvalue weighted by molar-refractivity contribution is 1.13. The van der Waals surface area contributed by atoms with Crippen molar-refractivity contribution in [1.82, 2.24) is 9.97 Å². The first-order valence-electron chi connectivity index (χ1n) is 4.47. The summed E-state index contributed by atoms with van der Waals surface area (Å²) < 4.78 is 0. The molecule has 0 unspecified atom stereocenters. The van der Waals surface area contributed by atoms with E-state index in [2.05, 4.69) is 15.3 Å². The van der Waals surface area contributed by atoms with Gasteiger partial charge in [-0.3, -0.25) is 4.98 Å². The van der Waals surface area contributed by atoms with Crippen LogP contribution in [-0.2, 0) is 6.54 Å². The lowest BCUT2D eigenvalue weighted by Gasteiger charge is -2.05. The molecule has 2 heterocycles. The number of nitriles is 1. The maximum Gasteiger partial charge on any atom is 0.146 e. The molecule has 0 atom stereocenters. The summed E-state index contributed by atoms with van der Waals surface area (Å²) in [5.41, 5.74) is 2.18. The van der Waals surface area contributed by atoms with Gasteiger partial charge in [-0.1, -0.05) is 11.6 Å². The highest BCUT2D eigenvalue weighted by molar-refractivity contribution is 7.09. The molecule has 0 aromatic carbocycles. The van der Waals surface area contributed by atoms with E-state index in [0.717, 1.165) is 4.88 Å². The van der Waals surface area contributed by atoms with Gasteiger partial charge in [0.15, 0.2) is 0 Å². The lowest BCUT2D eigenvalue weighted by atomic mass is 10.3. The van der Waals surface area contributed by atoms with E-state index in [-0.39, 0.29) is 0 Å². The van der Waals surface area contributed by atoms with Gasteiger partial charge < -0.3 is 5.32 Å². The topological polar surface area (TPSA) is 61.6 Å². The van der Waals surface area contributed by atoms with Crippen LogP contribution in [0.15, 0.2) is 24.0 Å². The van der Waals surface area contributed by atoms with E-state index >= 15 is 0 Å². The molecular weight excluding hydrogens is 244 g/mol. The maximum absolute atomic E-state index is 8.80. The number of nitrogens with zero attached hydrogens (tertiary/aromatic N) is 3. The summed E-state index contributed by atoms with van der Waals surface area (Å²) in [6.07, 6.45) is 3.33. The van der Waals surface area contributed by atoms with Crippen molar-refractivity contribution in [3.05, 3.63) is 39.4 Å². The van der Waals surface area contributed by atoms with E-state index in [1.54, 1.807) is 35.3 Å². The van der Waals surface area contributed by atoms with Crippen LogP contribution in [0.1, 0.15) is 10.4 Å². The van der Waals surface area contributed by atoms with E-state index < -0.39 is 0 Å². The van der Waals surface area contributed by atoms with Crippen LogP contribution in [0.3, 0.4) is 0 Å². The van der Waals surface area contributed by atoms with Crippen LogP contribution in [0.5, 0.6) is 0 Å². The van der Waals surface area contributed by atoms with Crippen LogP contribution in [0.2, 0.25) is 5.02 Å². The summed E-state index contributed by atoms with van der Waals surface area (Å²) in [4.78, 5) is 9.12. The molecular formula is C10H7ClN4S. The molecule has 0 bridgehead atoms. The number of aromatic nitrogens is 2. The van der Waals surface area contributed by atoms with Crippen LogP contribution in [0, 0.1) is 11.3 Å². The Hall–Kier alpha value is -1.64. The Morgan fingerprint density at radius 2 is 2.44 bits per heavy atom. The van der Waals surface area contributed by atoms with Crippen molar-refractivity contribution in [3.63, 3.8) is 0 Å². The second kappa shape index (κ2) is 4.92. The molecule has 0 saturated carbocycles. The van der Waals surface area contributed by atoms with Crippen molar-refractivity contribution in [3.8, 4) is 6.07 Å². The third-order valence-corrected chi connectivity index (χ3v) is 3.09. The summed E-state index contributed by atoms with van der Waals surface area (Å²) in [6.45, 7) is 0.603. The first-order valence-corrected chi connectivity index (χ1v) is 5.73. The molecule has 0 aliphatic rings. The molecule has 0 aliphatic carbocycles. The summed E-state index contributed by atoms with van der Waals surface area (Å²) in [5, 5.41) is 12.2. The monoisotopic (exact) mass is 250 g/mol. The molecule has 0 saturated heterocycles. The van der Waals surface area contributed by atoms with Crippen LogP contribution in [-0.4, -0.2) is 9.97 Å². The second-order valence-electron chi connectivity index (χ2n) is 2.95. The van der Waals surface area contributed by atoms with Crippen LogP contribution in [0.4, 0.5) is 5.82 Å². The fourth-order valence-corrected chi connectivity index (χ4v) is 1.91. The van der Waals surface area contributed by atoms with Crippen LogP contribution >= 0.6 is 22.9 Å². The minimum atomic E-state index is 0.356. The van der Waals surface area contributed by atoms with Crippen molar-refractivity contribution in [1.29, 1.82) is 5.26 Å². The number of rotatable bonds is 3. The van der Waals surface area contributed by atoms with E-state index in [1.165, 1.54) is 0 Å². The number of anilines is 1. The highest BCUT2D eigenvalue weighted by atomic mass is 35.5. The molecule has 16 heavy (non-hydrogen) atoms. The molecule has 0 fully saturated rings. The van der Waals surface area contributed by atoms with E-state index in [9.17, 15) is 0 Å². The van der Waals surface area contributed by atoms with E-state index in [0.29, 0.717) is 22.9 Å². The minimum Gasteiger partial charge on any atom is -0.364 e. The Kier molecular flexibility index (Phi) is 3.34. The van der Waals surface area contributed by atoms with Gasteiger partial charge in [0, 0.05) is 17.3 Å². The summed E-state index contributed by atoms with van der Waals surface area (Å²) in [6, 6.07) is 3.59. The Morgan fingerprint density at radius 1 is 1.56 bits per heavy atom. The second-order valence-corrected chi connectivity index (χ2v) is 4.30. The van der Waals surface area contributed by atoms with Gasteiger partial charge in [-0.25, -0.2) is 4.98 Å². The highest BCUT2D eigenvalue weighted by Crippen LogP contribution is 2.23. The summed E-state index contributed by atoms with van der Waals surface area (Å²) in [5.74, 6) is 0.522. The van der Waals surface area contributed by atoms with Gasteiger partial charge in [0.25, 0.3) is 0 Å². The highest BCUT2D eigenvalue weighted by Gasteiger charge is 2.06. The maximum atomic E-state index is 8.80. The molecule has 0 aliphatic heterocycles. The largest absolute Gasteiger partial charge is 0.364 e. The quantitative estimate of drug-likeness (QED) is 0.910. The number of pyridine rings is 1. The Bertz CT molecular complexity index is 518. The fourth-order valence-electron chi connectivity index (χ4n) is 1.15. The SMILES string of the molecule is N#Cc1ccnc(NCc2cncs2)c1Cl. The van der Waals surface area contributed by atoms with Gasteiger partial charge in [0.05, 0.1) is 17.6 Å². The van der Waals surface area contributed by atoms with Crippen molar-refractivity contribution >= 4 is 28.8 Å². The van der Waals surface area contributed by atoms with Gasteiger partial charge in [-0.15, -0.1) is 11.3 Å². The number of thiazole rings is 1. The summed E-state index contributed by atoms with van der Waals surface area (Å²) >= 11 is 7.54. The first kappa shape index (κ1) is 10.9. The number of hydrogen-bond acceptors (Lipinski definition) is 5. The molecule has 2 aromatic heterocycles. The van der Waals surface area contributed by atoms with Crippen molar-refractivity contribution < 1.29 is 0 Å². The van der Waals surface area contributed by atoms with E-state index in [1.807, 2.05) is 6.07 Å². The summed E-state index contributed by atoms with van der Waals surface area (Å²) in [7, 11) is 0. The molecule has 2 aromatic rings. The van der Waals surface area contributed by atoms with Crippen molar-refractivity contribution in [2.45, 2.75) is 6.54 Å². The molecule has 0 spiro atoms. The Morgan fingerprint density at radius 3 is 3.12 bits per heavy atom. The molecule has 4 nitrogen and oxygen atoms in total. The molecule has 0 radical (unpaired) electrons. The van der Waals surface area contributed by atoms with Crippen LogP contribution in [0.25, 0.3) is 0 Å². The first-order chi connectivity index (χ1) is 7.81.